The van der Waals surface area contributed by atoms with Gasteiger partial charge in [0.2, 0.25) is 11.8 Å². The summed E-state index contributed by atoms with van der Waals surface area (Å²) >= 11 is 0. The summed E-state index contributed by atoms with van der Waals surface area (Å²) in [6.07, 6.45) is 5.73. The first-order valence-corrected chi connectivity index (χ1v) is 8.44. The Hall–Kier alpha value is -2.22. The van der Waals surface area contributed by atoms with Crippen molar-refractivity contribution in [1.29, 1.82) is 0 Å². The van der Waals surface area contributed by atoms with Crippen molar-refractivity contribution in [1.82, 2.24) is 14.9 Å². The summed E-state index contributed by atoms with van der Waals surface area (Å²) in [6.45, 7) is 4.22. The molecule has 0 aromatic carbocycles. The number of aromatic nitrogens is 2. The van der Waals surface area contributed by atoms with Gasteiger partial charge in [-0.05, 0) is 12.8 Å². The third kappa shape index (κ3) is 4.19. The van der Waals surface area contributed by atoms with Crippen LogP contribution in [0.4, 0.5) is 11.5 Å². The molecule has 0 spiro atoms. The molecule has 24 heavy (non-hydrogen) atoms. The van der Waals surface area contributed by atoms with Crippen molar-refractivity contribution < 1.29 is 14.3 Å². The maximum Gasteiger partial charge on any atom is 0.225 e. The molecule has 130 valence electrons. The van der Waals surface area contributed by atoms with Crippen LogP contribution in [0.3, 0.4) is 0 Å². The minimum absolute atomic E-state index is 0.00229. The number of anilines is 2. The fourth-order valence-corrected chi connectivity index (χ4v) is 3.00. The first-order chi connectivity index (χ1) is 11.7. The molecule has 1 aromatic rings. The van der Waals surface area contributed by atoms with Gasteiger partial charge in [0.05, 0.1) is 19.4 Å². The highest BCUT2D eigenvalue weighted by Gasteiger charge is 2.20. The minimum atomic E-state index is -0.188. The number of hydrogen-bond donors (Lipinski definition) is 1. The molecule has 3 heterocycles. The van der Waals surface area contributed by atoms with Crippen molar-refractivity contribution in [2.75, 3.05) is 49.6 Å². The Balaban J connectivity index is 1.52. The molecule has 8 nitrogen and oxygen atoms in total. The van der Waals surface area contributed by atoms with Gasteiger partial charge in [0.15, 0.2) is 5.82 Å². The van der Waals surface area contributed by atoms with Gasteiger partial charge in [-0.3, -0.25) is 9.59 Å². The molecule has 1 N–H and O–H groups in total. The van der Waals surface area contributed by atoms with E-state index in [-0.39, 0.29) is 24.7 Å². The van der Waals surface area contributed by atoms with Crippen LogP contribution in [0.1, 0.15) is 25.7 Å². The van der Waals surface area contributed by atoms with Crippen LogP contribution in [0, 0.1) is 0 Å². The van der Waals surface area contributed by atoms with Crippen LogP contribution in [0.25, 0.3) is 0 Å². The fourth-order valence-electron chi connectivity index (χ4n) is 3.00. The van der Waals surface area contributed by atoms with Crippen LogP contribution in [-0.2, 0) is 14.3 Å². The van der Waals surface area contributed by atoms with Crippen LogP contribution in [0.2, 0.25) is 0 Å². The van der Waals surface area contributed by atoms with Gasteiger partial charge in [0.25, 0.3) is 0 Å². The number of amides is 2. The van der Waals surface area contributed by atoms with E-state index in [2.05, 4.69) is 20.2 Å². The van der Waals surface area contributed by atoms with Crippen LogP contribution in [0.15, 0.2) is 12.5 Å². The molecule has 0 atom stereocenters. The van der Waals surface area contributed by atoms with Gasteiger partial charge >= 0.3 is 0 Å². The number of morpholine rings is 1. The second kappa shape index (κ2) is 8.05. The zero-order valence-electron chi connectivity index (χ0n) is 13.7. The van der Waals surface area contributed by atoms with Crippen LogP contribution in [0.5, 0.6) is 0 Å². The number of rotatable bonds is 5. The largest absolute Gasteiger partial charge is 0.378 e. The van der Waals surface area contributed by atoms with E-state index in [0.29, 0.717) is 32.0 Å². The van der Waals surface area contributed by atoms with E-state index in [9.17, 15) is 9.59 Å². The van der Waals surface area contributed by atoms with E-state index in [1.807, 2.05) is 0 Å². The Morgan fingerprint density at radius 2 is 1.88 bits per heavy atom. The van der Waals surface area contributed by atoms with E-state index in [1.165, 1.54) is 6.33 Å². The summed E-state index contributed by atoms with van der Waals surface area (Å²) in [5.74, 6) is 0.569. The van der Waals surface area contributed by atoms with Crippen molar-refractivity contribution >= 4 is 23.3 Å². The number of nitrogens with zero attached hydrogens (tertiary/aromatic N) is 4. The number of ether oxygens (including phenoxy) is 1. The highest BCUT2D eigenvalue weighted by atomic mass is 16.5. The summed E-state index contributed by atoms with van der Waals surface area (Å²) in [5.41, 5.74) is 0.614. The maximum atomic E-state index is 12.2. The van der Waals surface area contributed by atoms with Crippen molar-refractivity contribution in [3.8, 4) is 0 Å². The summed E-state index contributed by atoms with van der Waals surface area (Å²) in [6, 6.07) is 0. The lowest BCUT2D eigenvalue weighted by Gasteiger charge is -2.26. The Morgan fingerprint density at radius 1 is 1.12 bits per heavy atom. The molecular weight excluding hydrogens is 310 g/mol. The molecule has 2 saturated heterocycles. The lowest BCUT2D eigenvalue weighted by Crippen LogP contribution is -2.40. The van der Waals surface area contributed by atoms with Gasteiger partial charge in [-0.25, -0.2) is 9.97 Å². The molecule has 1 aromatic heterocycles. The summed E-state index contributed by atoms with van der Waals surface area (Å²) in [7, 11) is 0. The molecule has 2 aliphatic heterocycles. The van der Waals surface area contributed by atoms with Crippen LogP contribution >= 0.6 is 0 Å². The number of hydrogen-bond acceptors (Lipinski definition) is 6. The standard InChI is InChI=1S/C16H23N5O3/c22-14(3-4-15(23)20-7-9-24-10-8-20)19-13-11-17-12-18-16(13)21-5-1-2-6-21/h11-12H,1-10H2,(H,19,22). The number of carbonyl (C=O) groups is 2. The number of nitrogens with one attached hydrogen (secondary N) is 1. The van der Waals surface area contributed by atoms with Crippen LogP contribution < -0.4 is 10.2 Å². The molecule has 0 unspecified atom stereocenters. The maximum absolute atomic E-state index is 12.2. The molecule has 0 aliphatic carbocycles. The van der Waals surface area contributed by atoms with Gasteiger partial charge in [-0.2, -0.15) is 0 Å². The Labute approximate surface area is 141 Å². The molecule has 3 rings (SSSR count). The smallest absolute Gasteiger partial charge is 0.225 e. The molecule has 0 saturated carbocycles. The lowest BCUT2D eigenvalue weighted by molar-refractivity contribution is -0.136. The molecule has 0 radical (unpaired) electrons. The predicted octanol–water partition coefficient (Wildman–Crippen LogP) is 0.654. The Bertz CT molecular complexity index is 583. The summed E-state index contributed by atoms with van der Waals surface area (Å²) in [4.78, 5) is 36.5. The lowest BCUT2D eigenvalue weighted by atomic mass is 10.2. The first kappa shape index (κ1) is 16.6. The molecule has 2 amide bonds. The SMILES string of the molecule is O=C(CCC(=O)N1CCOCC1)Nc1cncnc1N1CCCC1. The molecule has 2 aliphatic rings. The van der Waals surface area contributed by atoms with E-state index in [0.717, 1.165) is 31.7 Å². The first-order valence-electron chi connectivity index (χ1n) is 8.44. The number of carbonyl (C=O) groups excluding carboxylic acids is 2. The van der Waals surface area contributed by atoms with Gasteiger partial charge in [0, 0.05) is 39.0 Å². The average Bonchev–Trinajstić information content (AvgIpc) is 3.15. The molecule has 2 fully saturated rings. The quantitative estimate of drug-likeness (QED) is 0.851. The predicted molar refractivity (Wildman–Crippen MR) is 88.7 cm³/mol. The van der Waals surface area contributed by atoms with Gasteiger partial charge in [-0.1, -0.05) is 0 Å². The average molecular weight is 333 g/mol. The monoisotopic (exact) mass is 333 g/mol. The third-order valence-electron chi connectivity index (χ3n) is 4.30. The minimum Gasteiger partial charge on any atom is -0.378 e. The van der Waals surface area contributed by atoms with Gasteiger partial charge in [-0.15, -0.1) is 0 Å². The van der Waals surface area contributed by atoms with Crippen molar-refractivity contribution in [3.63, 3.8) is 0 Å². The molecule has 0 bridgehead atoms. The molecular formula is C16H23N5O3. The zero-order chi connectivity index (χ0) is 16.8. The van der Waals surface area contributed by atoms with E-state index < -0.39 is 0 Å². The summed E-state index contributed by atoms with van der Waals surface area (Å²) in [5, 5.41) is 2.84. The van der Waals surface area contributed by atoms with E-state index in [4.69, 9.17) is 4.74 Å². The second-order valence-corrected chi connectivity index (χ2v) is 6.00. The van der Waals surface area contributed by atoms with Crippen molar-refractivity contribution in [3.05, 3.63) is 12.5 Å². The van der Waals surface area contributed by atoms with E-state index in [1.54, 1.807) is 11.1 Å². The van der Waals surface area contributed by atoms with E-state index >= 15 is 0 Å². The normalized spacial score (nSPS) is 17.8. The highest BCUT2D eigenvalue weighted by Crippen LogP contribution is 2.25. The van der Waals surface area contributed by atoms with Crippen LogP contribution in [-0.4, -0.2) is 66.1 Å². The summed E-state index contributed by atoms with van der Waals surface area (Å²) < 4.78 is 5.22. The third-order valence-corrected chi connectivity index (χ3v) is 4.30. The second-order valence-electron chi connectivity index (χ2n) is 6.00. The Morgan fingerprint density at radius 3 is 2.62 bits per heavy atom. The van der Waals surface area contributed by atoms with Gasteiger partial charge < -0.3 is 19.9 Å². The topological polar surface area (TPSA) is 87.7 Å². The van der Waals surface area contributed by atoms with Crippen molar-refractivity contribution in [2.24, 2.45) is 0 Å². The van der Waals surface area contributed by atoms with Crippen molar-refractivity contribution in [2.45, 2.75) is 25.7 Å². The Kier molecular flexibility index (Phi) is 5.58. The fraction of sp³-hybridized carbons (Fsp3) is 0.625. The highest BCUT2D eigenvalue weighted by molar-refractivity contribution is 5.95. The molecule has 8 heteroatoms. The zero-order valence-corrected chi connectivity index (χ0v) is 13.7. The van der Waals surface area contributed by atoms with Gasteiger partial charge in [0.1, 0.15) is 12.0 Å².